The van der Waals surface area contributed by atoms with Gasteiger partial charge in [-0.25, -0.2) is 0 Å². The van der Waals surface area contributed by atoms with Crippen LogP contribution in [0.4, 0.5) is 0 Å². The molecule has 1 amide bonds. The van der Waals surface area contributed by atoms with Crippen LogP contribution in [0.15, 0.2) is 28.7 Å². The Balaban J connectivity index is 2.08. The molecule has 0 unspecified atom stereocenters. The number of halogens is 1. The van der Waals surface area contributed by atoms with Crippen LogP contribution in [0, 0.1) is 5.41 Å². The standard InChI is InChI=1S/C16H23BrN2O/c1-12(13-7-3-4-8-14(13)17)19-15(20)16(11-18)9-5-2-6-10-16/h3-4,7-8,12H,2,5-6,9-11,18H2,1H3,(H,19,20)/t12-/m0/s1. The maximum atomic E-state index is 12.6. The van der Waals surface area contributed by atoms with Crippen molar-refractivity contribution < 1.29 is 4.79 Å². The van der Waals surface area contributed by atoms with Gasteiger partial charge < -0.3 is 11.1 Å². The molecule has 110 valence electrons. The van der Waals surface area contributed by atoms with Gasteiger partial charge in [0.25, 0.3) is 0 Å². The molecule has 1 aliphatic carbocycles. The van der Waals surface area contributed by atoms with Crippen LogP contribution in [0.5, 0.6) is 0 Å². The van der Waals surface area contributed by atoms with Gasteiger partial charge in [0, 0.05) is 11.0 Å². The summed E-state index contributed by atoms with van der Waals surface area (Å²) in [6.07, 6.45) is 5.26. The van der Waals surface area contributed by atoms with Gasteiger partial charge in [0.15, 0.2) is 0 Å². The number of carbonyl (C=O) groups is 1. The summed E-state index contributed by atoms with van der Waals surface area (Å²) in [7, 11) is 0. The number of hydrogen-bond acceptors (Lipinski definition) is 2. The minimum atomic E-state index is -0.353. The van der Waals surface area contributed by atoms with Crippen molar-refractivity contribution in [2.24, 2.45) is 11.1 Å². The number of hydrogen-bond donors (Lipinski definition) is 2. The van der Waals surface area contributed by atoms with Crippen molar-refractivity contribution in [3.05, 3.63) is 34.3 Å². The second kappa shape index (κ2) is 6.72. The van der Waals surface area contributed by atoms with Gasteiger partial charge in [-0.2, -0.15) is 0 Å². The van der Waals surface area contributed by atoms with E-state index in [4.69, 9.17) is 5.73 Å². The molecule has 4 heteroatoms. The lowest BCUT2D eigenvalue weighted by Gasteiger charge is -2.35. The third-order valence-corrected chi connectivity index (χ3v) is 5.12. The van der Waals surface area contributed by atoms with Crippen molar-refractivity contribution in [2.75, 3.05) is 6.54 Å². The predicted octanol–water partition coefficient (Wildman–Crippen LogP) is 3.54. The van der Waals surface area contributed by atoms with Crippen molar-refractivity contribution in [2.45, 2.75) is 45.1 Å². The molecule has 0 spiro atoms. The first-order chi connectivity index (χ1) is 9.59. The van der Waals surface area contributed by atoms with Gasteiger partial charge in [-0.1, -0.05) is 53.4 Å². The van der Waals surface area contributed by atoms with E-state index in [1.165, 1.54) is 6.42 Å². The molecular formula is C16H23BrN2O. The predicted molar refractivity (Wildman–Crippen MR) is 85.3 cm³/mol. The molecule has 0 aliphatic heterocycles. The maximum absolute atomic E-state index is 12.6. The highest BCUT2D eigenvalue weighted by Crippen LogP contribution is 2.36. The van der Waals surface area contributed by atoms with Crippen LogP contribution in [-0.2, 0) is 4.79 Å². The van der Waals surface area contributed by atoms with Gasteiger partial charge in [-0.05, 0) is 31.4 Å². The monoisotopic (exact) mass is 338 g/mol. The highest BCUT2D eigenvalue weighted by molar-refractivity contribution is 9.10. The lowest BCUT2D eigenvalue weighted by Crippen LogP contribution is -2.47. The molecule has 1 aliphatic rings. The Morgan fingerprint density at radius 3 is 2.60 bits per heavy atom. The Labute approximate surface area is 129 Å². The van der Waals surface area contributed by atoms with Gasteiger partial charge in [0.05, 0.1) is 11.5 Å². The Kier molecular flexibility index (Phi) is 5.22. The number of nitrogens with one attached hydrogen (secondary N) is 1. The maximum Gasteiger partial charge on any atom is 0.227 e. The van der Waals surface area contributed by atoms with Gasteiger partial charge in [-0.3, -0.25) is 4.79 Å². The normalized spacial score (nSPS) is 19.4. The highest BCUT2D eigenvalue weighted by Gasteiger charge is 2.38. The molecule has 1 atom stereocenters. The molecule has 20 heavy (non-hydrogen) atoms. The van der Waals surface area contributed by atoms with Gasteiger partial charge in [-0.15, -0.1) is 0 Å². The Bertz CT molecular complexity index is 469. The highest BCUT2D eigenvalue weighted by atomic mass is 79.9. The summed E-state index contributed by atoms with van der Waals surface area (Å²) in [6.45, 7) is 2.46. The third kappa shape index (κ3) is 3.23. The number of amides is 1. The molecule has 0 aromatic heterocycles. The molecule has 3 nitrogen and oxygen atoms in total. The van der Waals surface area contributed by atoms with E-state index in [9.17, 15) is 4.79 Å². The summed E-state index contributed by atoms with van der Waals surface area (Å²) < 4.78 is 1.03. The van der Waals surface area contributed by atoms with Crippen molar-refractivity contribution in [3.8, 4) is 0 Å². The Hall–Kier alpha value is -0.870. The SMILES string of the molecule is C[C@H](NC(=O)C1(CN)CCCCC1)c1ccccc1Br. The van der Waals surface area contributed by atoms with Gasteiger partial charge >= 0.3 is 0 Å². The van der Waals surface area contributed by atoms with Crippen LogP contribution in [0.25, 0.3) is 0 Å². The van der Waals surface area contributed by atoms with Gasteiger partial charge in [0.1, 0.15) is 0 Å². The van der Waals surface area contributed by atoms with Crippen molar-refractivity contribution >= 4 is 21.8 Å². The second-order valence-corrected chi connectivity index (χ2v) is 6.62. The average Bonchev–Trinajstić information content (AvgIpc) is 2.48. The molecule has 2 rings (SSSR count). The number of rotatable bonds is 4. The first kappa shape index (κ1) is 15.5. The number of carbonyl (C=O) groups excluding carboxylic acids is 1. The molecular weight excluding hydrogens is 316 g/mol. The first-order valence-electron chi connectivity index (χ1n) is 7.34. The Morgan fingerprint density at radius 1 is 1.35 bits per heavy atom. The molecule has 1 aromatic carbocycles. The molecule has 0 bridgehead atoms. The summed E-state index contributed by atoms with van der Waals surface area (Å²) >= 11 is 3.54. The van der Waals surface area contributed by atoms with Crippen molar-refractivity contribution in [1.82, 2.24) is 5.32 Å². The minimum Gasteiger partial charge on any atom is -0.349 e. The molecule has 0 heterocycles. The van der Waals surface area contributed by atoms with Gasteiger partial charge in [0.2, 0.25) is 5.91 Å². The molecule has 1 aromatic rings. The third-order valence-electron chi connectivity index (χ3n) is 4.40. The fourth-order valence-electron chi connectivity index (χ4n) is 3.01. The fraction of sp³-hybridized carbons (Fsp3) is 0.562. The van der Waals surface area contributed by atoms with E-state index in [1.54, 1.807) is 0 Å². The van der Waals surface area contributed by atoms with E-state index in [1.807, 2.05) is 31.2 Å². The lowest BCUT2D eigenvalue weighted by molar-refractivity contribution is -0.133. The average molecular weight is 339 g/mol. The van der Waals surface area contributed by atoms with Crippen molar-refractivity contribution in [3.63, 3.8) is 0 Å². The largest absolute Gasteiger partial charge is 0.349 e. The van der Waals surface area contributed by atoms with Crippen LogP contribution in [0.2, 0.25) is 0 Å². The zero-order valence-electron chi connectivity index (χ0n) is 12.0. The lowest BCUT2D eigenvalue weighted by atomic mass is 9.73. The minimum absolute atomic E-state index is 0.0107. The molecule has 0 saturated heterocycles. The first-order valence-corrected chi connectivity index (χ1v) is 8.14. The molecule has 3 N–H and O–H groups in total. The van der Waals surface area contributed by atoms with Crippen LogP contribution in [0.1, 0.15) is 50.6 Å². The molecule has 0 radical (unpaired) electrons. The Morgan fingerprint density at radius 2 is 2.00 bits per heavy atom. The number of benzene rings is 1. The quantitative estimate of drug-likeness (QED) is 0.882. The second-order valence-electron chi connectivity index (χ2n) is 5.76. The van der Waals surface area contributed by atoms with E-state index >= 15 is 0 Å². The van der Waals surface area contributed by atoms with E-state index in [0.717, 1.165) is 35.7 Å². The van der Waals surface area contributed by atoms with E-state index in [2.05, 4.69) is 21.2 Å². The summed E-state index contributed by atoms with van der Waals surface area (Å²) in [5.74, 6) is 0.114. The van der Waals surface area contributed by atoms with E-state index in [0.29, 0.717) is 6.54 Å². The molecule has 1 saturated carbocycles. The van der Waals surface area contributed by atoms with Crippen molar-refractivity contribution in [1.29, 1.82) is 0 Å². The van der Waals surface area contributed by atoms with Crippen LogP contribution < -0.4 is 11.1 Å². The smallest absolute Gasteiger partial charge is 0.227 e. The zero-order chi connectivity index (χ0) is 14.6. The summed E-state index contributed by atoms with van der Waals surface area (Å²) in [4.78, 5) is 12.6. The van der Waals surface area contributed by atoms with Crippen LogP contribution >= 0.6 is 15.9 Å². The summed E-state index contributed by atoms with van der Waals surface area (Å²) in [6, 6.07) is 7.98. The summed E-state index contributed by atoms with van der Waals surface area (Å²) in [5, 5.41) is 3.15. The topological polar surface area (TPSA) is 55.1 Å². The summed E-state index contributed by atoms with van der Waals surface area (Å²) in [5.41, 5.74) is 6.66. The molecule has 1 fully saturated rings. The zero-order valence-corrected chi connectivity index (χ0v) is 13.6. The number of nitrogens with two attached hydrogens (primary N) is 1. The van der Waals surface area contributed by atoms with Crippen LogP contribution in [-0.4, -0.2) is 12.5 Å². The van der Waals surface area contributed by atoms with Crippen LogP contribution in [0.3, 0.4) is 0 Å². The fourth-order valence-corrected chi connectivity index (χ4v) is 3.63. The van der Waals surface area contributed by atoms with E-state index in [-0.39, 0.29) is 17.4 Å². The van der Waals surface area contributed by atoms with E-state index < -0.39 is 0 Å².